The lowest BCUT2D eigenvalue weighted by Gasteiger charge is -2.42. The van der Waals surface area contributed by atoms with Gasteiger partial charge in [-0.15, -0.1) is 0 Å². The zero-order valence-electron chi connectivity index (χ0n) is 15.8. The highest BCUT2D eigenvalue weighted by molar-refractivity contribution is 6.77. The minimum atomic E-state index is -1.75. The Labute approximate surface area is 144 Å². The molecule has 1 aromatic carbocycles. The monoisotopic (exact) mass is 330 g/mol. The van der Waals surface area contributed by atoms with Gasteiger partial charge in [0.05, 0.1) is 0 Å². The summed E-state index contributed by atoms with van der Waals surface area (Å²) in [6.45, 7) is 18.9. The molecule has 23 heavy (non-hydrogen) atoms. The molecular formula is C21H34OSi. The molecular weight excluding hydrogens is 296 g/mol. The molecule has 0 bridgehead atoms. The highest BCUT2D eigenvalue weighted by atomic mass is 28.4. The first-order chi connectivity index (χ1) is 10.8. The lowest BCUT2D eigenvalue weighted by atomic mass is 10.1. The van der Waals surface area contributed by atoms with Crippen molar-refractivity contribution in [2.75, 3.05) is 6.61 Å². The van der Waals surface area contributed by atoms with Gasteiger partial charge in [0.25, 0.3) is 0 Å². The molecule has 0 aliphatic heterocycles. The van der Waals surface area contributed by atoms with Crippen LogP contribution in [0.4, 0.5) is 0 Å². The summed E-state index contributed by atoms with van der Waals surface area (Å²) in [4.78, 5) is 0. The van der Waals surface area contributed by atoms with Crippen molar-refractivity contribution in [3.63, 3.8) is 0 Å². The Kier molecular flexibility index (Phi) is 8.00. The van der Waals surface area contributed by atoms with Gasteiger partial charge in [0, 0.05) is 6.61 Å². The Morgan fingerprint density at radius 2 is 1.52 bits per heavy atom. The van der Waals surface area contributed by atoms with Crippen LogP contribution in [0, 0.1) is 0 Å². The Morgan fingerprint density at radius 3 is 2.00 bits per heavy atom. The van der Waals surface area contributed by atoms with Crippen molar-refractivity contribution in [3.05, 3.63) is 54.1 Å². The molecule has 0 unspecified atom stereocenters. The first kappa shape index (κ1) is 19.9. The van der Waals surface area contributed by atoms with E-state index in [1.54, 1.807) is 0 Å². The molecule has 0 aliphatic rings. The Morgan fingerprint density at radius 1 is 1.00 bits per heavy atom. The molecule has 0 amide bonds. The van der Waals surface area contributed by atoms with Gasteiger partial charge in [-0.05, 0) is 28.6 Å². The van der Waals surface area contributed by atoms with E-state index in [0.29, 0.717) is 16.6 Å². The zero-order chi connectivity index (χ0) is 17.5. The summed E-state index contributed by atoms with van der Waals surface area (Å²) in [6.07, 6.45) is 5.15. The molecule has 0 saturated heterocycles. The molecule has 0 saturated carbocycles. The van der Waals surface area contributed by atoms with Crippen molar-refractivity contribution in [2.45, 2.75) is 64.6 Å². The average Bonchev–Trinajstić information content (AvgIpc) is 2.49. The number of rotatable bonds is 9. The topological polar surface area (TPSA) is 9.23 Å². The van der Waals surface area contributed by atoms with E-state index < -0.39 is 8.32 Å². The van der Waals surface area contributed by atoms with E-state index in [9.17, 15) is 0 Å². The largest absolute Gasteiger partial charge is 0.416 e. The molecule has 0 aromatic heterocycles. The van der Waals surface area contributed by atoms with Crippen LogP contribution in [0.3, 0.4) is 0 Å². The van der Waals surface area contributed by atoms with Gasteiger partial charge in [0.2, 0.25) is 0 Å². The molecule has 1 aromatic rings. The number of allylic oxidation sites excluding steroid dienone is 1. The molecule has 0 aliphatic carbocycles. The lowest BCUT2D eigenvalue weighted by Crippen LogP contribution is -2.47. The smallest absolute Gasteiger partial charge is 0.200 e. The molecule has 1 nitrogen and oxygen atoms in total. The number of hydrogen-bond donors (Lipinski definition) is 0. The fourth-order valence-electron chi connectivity index (χ4n) is 3.72. The van der Waals surface area contributed by atoms with Gasteiger partial charge in [-0.1, -0.05) is 96.2 Å². The van der Waals surface area contributed by atoms with Gasteiger partial charge in [0.1, 0.15) is 0 Å². The summed E-state index contributed by atoms with van der Waals surface area (Å²) in [7, 11) is -1.75. The van der Waals surface area contributed by atoms with Crippen molar-refractivity contribution in [1.29, 1.82) is 0 Å². The molecule has 0 heterocycles. The van der Waals surface area contributed by atoms with Crippen LogP contribution in [0.2, 0.25) is 16.6 Å². The number of hydrogen-bond acceptors (Lipinski definition) is 1. The normalized spacial score (nSPS) is 12.7. The van der Waals surface area contributed by atoms with Crippen LogP contribution in [0.5, 0.6) is 0 Å². The van der Waals surface area contributed by atoms with Crippen LogP contribution < -0.4 is 0 Å². The van der Waals surface area contributed by atoms with Gasteiger partial charge in [-0.3, -0.25) is 0 Å². The summed E-state index contributed by atoms with van der Waals surface area (Å²) in [5, 5.41) is 0. The Balaban J connectivity index is 2.59. The van der Waals surface area contributed by atoms with Gasteiger partial charge >= 0.3 is 0 Å². The highest BCUT2D eigenvalue weighted by Gasteiger charge is 2.44. The molecule has 0 atom stereocenters. The highest BCUT2D eigenvalue weighted by Crippen LogP contribution is 2.42. The molecule has 2 heteroatoms. The van der Waals surface area contributed by atoms with Crippen molar-refractivity contribution in [2.24, 2.45) is 0 Å². The average molecular weight is 331 g/mol. The molecule has 128 valence electrons. The predicted octanol–water partition coefficient (Wildman–Crippen LogP) is 6.84. The van der Waals surface area contributed by atoms with Crippen LogP contribution in [0.15, 0.2) is 48.6 Å². The predicted molar refractivity (Wildman–Crippen MR) is 106 cm³/mol. The maximum Gasteiger partial charge on any atom is 0.200 e. The Bertz CT molecular complexity index is 478. The van der Waals surface area contributed by atoms with Crippen molar-refractivity contribution >= 4 is 14.4 Å². The second-order valence-corrected chi connectivity index (χ2v) is 12.8. The van der Waals surface area contributed by atoms with E-state index in [4.69, 9.17) is 4.43 Å². The minimum Gasteiger partial charge on any atom is -0.416 e. The molecule has 0 fully saturated rings. The van der Waals surface area contributed by atoms with Crippen molar-refractivity contribution in [3.8, 4) is 0 Å². The summed E-state index contributed by atoms with van der Waals surface area (Å²) >= 11 is 0. The number of benzene rings is 1. The third kappa shape index (κ3) is 5.47. The standard InChI is InChI=1S/C21H34OSi/c1-17(2)23(18(3)4,19(5)6)22-16-15-20(7)13-14-21-11-9-8-10-12-21/h8-14,17-19H,7,15-16H2,1-6H3/b14-13-. The van der Waals surface area contributed by atoms with E-state index in [1.165, 1.54) is 5.56 Å². The summed E-state index contributed by atoms with van der Waals surface area (Å²) < 4.78 is 6.58. The molecule has 0 radical (unpaired) electrons. The zero-order valence-corrected chi connectivity index (χ0v) is 16.8. The second-order valence-electron chi connectivity index (χ2n) is 7.32. The van der Waals surface area contributed by atoms with Gasteiger partial charge in [0.15, 0.2) is 8.32 Å². The van der Waals surface area contributed by atoms with Crippen LogP contribution in [0.1, 0.15) is 53.5 Å². The molecule has 0 N–H and O–H groups in total. The fourth-order valence-corrected chi connectivity index (χ4v) is 9.18. The fraction of sp³-hybridized carbons (Fsp3) is 0.524. The lowest BCUT2D eigenvalue weighted by molar-refractivity contribution is 0.282. The maximum atomic E-state index is 6.58. The van der Waals surface area contributed by atoms with E-state index in [0.717, 1.165) is 18.6 Å². The van der Waals surface area contributed by atoms with E-state index in [1.807, 2.05) is 6.07 Å². The van der Waals surface area contributed by atoms with Crippen molar-refractivity contribution in [1.82, 2.24) is 0 Å². The summed E-state index contributed by atoms with van der Waals surface area (Å²) in [5.41, 5.74) is 4.25. The van der Waals surface area contributed by atoms with E-state index in [-0.39, 0.29) is 0 Å². The Hall–Kier alpha value is -1.12. The van der Waals surface area contributed by atoms with Crippen LogP contribution in [-0.2, 0) is 4.43 Å². The van der Waals surface area contributed by atoms with E-state index >= 15 is 0 Å². The minimum absolute atomic E-state index is 0.635. The second kappa shape index (κ2) is 9.24. The van der Waals surface area contributed by atoms with Crippen molar-refractivity contribution < 1.29 is 4.43 Å². The third-order valence-corrected chi connectivity index (χ3v) is 10.9. The first-order valence-electron chi connectivity index (χ1n) is 8.85. The van der Waals surface area contributed by atoms with Crippen LogP contribution in [0.25, 0.3) is 6.08 Å². The van der Waals surface area contributed by atoms with E-state index in [2.05, 4.69) is 84.5 Å². The van der Waals surface area contributed by atoms with Gasteiger partial charge in [-0.25, -0.2) is 0 Å². The molecule has 0 spiro atoms. The van der Waals surface area contributed by atoms with Gasteiger partial charge in [-0.2, -0.15) is 0 Å². The van der Waals surface area contributed by atoms with Crippen LogP contribution >= 0.6 is 0 Å². The first-order valence-corrected chi connectivity index (χ1v) is 11.0. The third-order valence-electron chi connectivity index (χ3n) is 4.79. The summed E-state index contributed by atoms with van der Waals surface area (Å²) in [5.74, 6) is 0. The van der Waals surface area contributed by atoms with Gasteiger partial charge < -0.3 is 4.43 Å². The summed E-state index contributed by atoms with van der Waals surface area (Å²) in [6, 6.07) is 10.4. The quantitative estimate of drug-likeness (QED) is 0.356. The van der Waals surface area contributed by atoms with Crippen LogP contribution in [-0.4, -0.2) is 14.9 Å². The molecule has 1 rings (SSSR count). The maximum absolute atomic E-state index is 6.58. The SMILES string of the molecule is C=C(/C=C\c1ccccc1)CCO[Si](C(C)C)(C(C)C)C(C)C.